The molecular weight excluding hydrogens is 278 g/mol. The first kappa shape index (κ1) is 19.7. The van der Waals surface area contributed by atoms with Crippen LogP contribution in [-0.2, 0) is 14.3 Å². The summed E-state index contributed by atoms with van der Waals surface area (Å²) in [7, 11) is 0. The molecule has 1 saturated heterocycles. The second kappa shape index (κ2) is 12.4. The van der Waals surface area contributed by atoms with Gasteiger partial charge in [-0.25, -0.2) is 0 Å². The van der Waals surface area contributed by atoms with E-state index in [1.165, 1.54) is 25.7 Å². The highest BCUT2D eigenvalue weighted by Crippen LogP contribution is 2.15. The van der Waals surface area contributed by atoms with E-state index in [1.54, 1.807) is 0 Å². The van der Waals surface area contributed by atoms with Crippen LogP contribution in [0.2, 0.25) is 0 Å². The van der Waals surface area contributed by atoms with Crippen molar-refractivity contribution in [3.05, 3.63) is 0 Å². The number of unbranched alkanes of at least 4 members (excludes halogenated alkanes) is 4. The lowest BCUT2D eigenvalue weighted by Gasteiger charge is -2.32. The van der Waals surface area contributed by atoms with Gasteiger partial charge in [-0.2, -0.15) is 0 Å². The Kier molecular flexibility index (Phi) is 12.2. The minimum absolute atomic E-state index is 0. The summed E-state index contributed by atoms with van der Waals surface area (Å²) >= 11 is 0. The number of carbonyl (C=O) groups is 1. The molecule has 1 rings (SSSR count). The summed E-state index contributed by atoms with van der Waals surface area (Å²) < 4.78 is 10.6. The predicted octanol–water partition coefficient (Wildman–Crippen LogP) is 3.03. The topological polar surface area (TPSA) is 38.8 Å². The second-order valence-corrected chi connectivity index (χ2v) is 5.12. The second-order valence-electron chi connectivity index (χ2n) is 5.12. The van der Waals surface area contributed by atoms with E-state index in [4.69, 9.17) is 9.47 Å². The molecule has 120 valence electrons. The minimum Gasteiger partial charge on any atom is -0.465 e. The van der Waals surface area contributed by atoms with Gasteiger partial charge >= 0.3 is 5.97 Å². The van der Waals surface area contributed by atoms with Crippen LogP contribution < -0.4 is 0 Å². The van der Waals surface area contributed by atoms with E-state index in [9.17, 15) is 4.79 Å². The molecule has 4 nitrogen and oxygen atoms in total. The number of halogens is 1. The quantitative estimate of drug-likeness (QED) is 0.485. The molecule has 0 spiro atoms. The lowest BCUT2D eigenvalue weighted by atomic mass is 10.0. The first-order valence-corrected chi connectivity index (χ1v) is 7.78. The minimum atomic E-state index is -0.0644. The van der Waals surface area contributed by atoms with Crippen molar-refractivity contribution < 1.29 is 14.3 Å². The average Bonchev–Trinajstić information content (AvgIpc) is 2.44. The van der Waals surface area contributed by atoms with Gasteiger partial charge in [0, 0.05) is 13.1 Å². The van der Waals surface area contributed by atoms with Gasteiger partial charge in [0.15, 0.2) is 0 Å². The number of esters is 1. The van der Waals surface area contributed by atoms with Gasteiger partial charge in [0.25, 0.3) is 0 Å². The van der Waals surface area contributed by atoms with E-state index in [1.807, 2.05) is 6.92 Å². The Labute approximate surface area is 129 Å². The Morgan fingerprint density at radius 3 is 2.40 bits per heavy atom. The normalized spacial score (nSPS) is 17.3. The van der Waals surface area contributed by atoms with Gasteiger partial charge in [0.1, 0.15) is 6.04 Å². The first-order chi connectivity index (χ1) is 9.29. The summed E-state index contributed by atoms with van der Waals surface area (Å²) in [6.45, 7) is 7.70. The van der Waals surface area contributed by atoms with Crippen LogP contribution in [0.3, 0.4) is 0 Å². The number of ether oxygens (including phenoxy) is 2. The lowest BCUT2D eigenvalue weighted by molar-refractivity contribution is -0.151. The van der Waals surface area contributed by atoms with E-state index >= 15 is 0 Å². The smallest absolute Gasteiger partial charge is 0.323 e. The van der Waals surface area contributed by atoms with Crippen molar-refractivity contribution in [1.29, 1.82) is 0 Å². The van der Waals surface area contributed by atoms with Crippen LogP contribution in [-0.4, -0.2) is 49.8 Å². The van der Waals surface area contributed by atoms with Crippen molar-refractivity contribution in [2.24, 2.45) is 0 Å². The molecule has 1 atom stereocenters. The van der Waals surface area contributed by atoms with Crippen molar-refractivity contribution >= 4 is 18.4 Å². The van der Waals surface area contributed by atoms with Crippen molar-refractivity contribution in [2.45, 2.75) is 58.4 Å². The van der Waals surface area contributed by atoms with Gasteiger partial charge in [-0.1, -0.05) is 39.0 Å². The number of hydrogen-bond donors (Lipinski definition) is 0. The maximum absolute atomic E-state index is 12.1. The SMILES string of the molecule is CCCCCCCC(C(=O)OCC)N1CCOCC1.Cl. The Bertz CT molecular complexity index is 245. The Morgan fingerprint density at radius 1 is 1.15 bits per heavy atom. The van der Waals surface area contributed by atoms with Gasteiger partial charge in [-0.05, 0) is 13.3 Å². The molecule has 0 amide bonds. The lowest BCUT2D eigenvalue weighted by Crippen LogP contribution is -2.48. The molecule has 1 aliphatic heterocycles. The van der Waals surface area contributed by atoms with Crippen molar-refractivity contribution in [3.63, 3.8) is 0 Å². The summed E-state index contributed by atoms with van der Waals surface area (Å²) in [4.78, 5) is 14.3. The summed E-state index contributed by atoms with van der Waals surface area (Å²) in [5.41, 5.74) is 0. The Hall–Kier alpha value is -0.320. The van der Waals surface area contributed by atoms with E-state index in [0.29, 0.717) is 6.61 Å². The third kappa shape index (κ3) is 7.46. The van der Waals surface area contributed by atoms with Gasteiger partial charge < -0.3 is 9.47 Å². The molecular formula is C15H30ClNO3. The molecule has 0 aromatic rings. The molecule has 1 fully saturated rings. The van der Waals surface area contributed by atoms with E-state index < -0.39 is 0 Å². The molecule has 0 aliphatic carbocycles. The van der Waals surface area contributed by atoms with Crippen LogP contribution in [0, 0.1) is 0 Å². The van der Waals surface area contributed by atoms with Crippen LogP contribution in [0.1, 0.15) is 52.4 Å². The monoisotopic (exact) mass is 307 g/mol. The number of carbonyl (C=O) groups excluding carboxylic acids is 1. The number of rotatable bonds is 9. The number of morpholine rings is 1. The largest absolute Gasteiger partial charge is 0.465 e. The molecule has 0 N–H and O–H groups in total. The van der Waals surface area contributed by atoms with Crippen LogP contribution >= 0.6 is 12.4 Å². The first-order valence-electron chi connectivity index (χ1n) is 7.78. The van der Waals surface area contributed by atoms with Crippen LogP contribution in [0.4, 0.5) is 0 Å². The molecule has 20 heavy (non-hydrogen) atoms. The predicted molar refractivity (Wildman–Crippen MR) is 83.4 cm³/mol. The van der Waals surface area contributed by atoms with E-state index in [2.05, 4.69) is 11.8 Å². The van der Waals surface area contributed by atoms with Gasteiger partial charge in [-0.3, -0.25) is 9.69 Å². The molecule has 5 heteroatoms. The molecule has 0 radical (unpaired) electrons. The zero-order chi connectivity index (χ0) is 13.9. The number of hydrogen-bond acceptors (Lipinski definition) is 4. The van der Waals surface area contributed by atoms with Crippen LogP contribution in [0.25, 0.3) is 0 Å². The van der Waals surface area contributed by atoms with Gasteiger partial charge in [-0.15, -0.1) is 12.4 Å². The summed E-state index contributed by atoms with van der Waals surface area (Å²) in [5, 5.41) is 0. The number of nitrogens with zero attached hydrogens (tertiary/aromatic N) is 1. The summed E-state index contributed by atoms with van der Waals surface area (Å²) in [5.74, 6) is -0.0557. The highest BCUT2D eigenvalue weighted by molar-refractivity contribution is 5.85. The summed E-state index contributed by atoms with van der Waals surface area (Å²) in [6.07, 6.45) is 7.07. The maximum Gasteiger partial charge on any atom is 0.323 e. The Balaban J connectivity index is 0.00000361. The molecule has 0 saturated carbocycles. The zero-order valence-corrected chi connectivity index (χ0v) is 13.8. The van der Waals surface area contributed by atoms with Crippen molar-refractivity contribution in [1.82, 2.24) is 4.90 Å². The van der Waals surface area contributed by atoms with E-state index in [0.717, 1.165) is 39.1 Å². The fourth-order valence-electron chi connectivity index (χ4n) is 2.52. The van der Waals surface area contributed by atoms with Crippen molar-refractivity contribution in [2.75, 3.05) is 32.9 Å². The molecule has 0 bridgehead atoms. The molecule has 1 unspecified atom stereocenters. The fraction of sp³-hybridized carbons (Fsp3) is 0.933. The maximum atomic E-state index is 12.1. The fourth-order valence-corrected chi connectivity index (χ4v) is 2.52. The van der Waals surface area contributed by atoms with Gasteiger partial charge in [0.05, 0.1) is 19.8 Å². The van der Waals surface area contributed by atoms with E-state index in [-0.39, 0.29) is 24.4 Å². The third-order valence-electron chi connectivity index (χ3n) is 3.63. The van der Waals surface area contributed by atoms with Crippen LogP contribution in [0.15, 0.2) is 0 Å². The molecule has 0 aromatic carbocycles. The third-order valence-corrected chi connectivity index (χ3v) is 3.63. The molecule has 1 heterocycles. The highest BCUT2D eigenvalue weighted by Gasteiger charge is 2.27. The van der Waals surface area contributed by atoms with Gasteiger partial charge in [0.2, 0.25) is 0 Å². The average molecular weight is 308 g/mol. The zero-order valence-electron chi connectivity index (χ0n) is 12.9. The summed E-state index contributed by atoms with van der Waals surface area (Å²) in [6, 6.07) is -0.0644. The van der Waals surface area contributed by atoms with Crippen molar-refractivity contribution in [3.8, 4) is 0 Å². The Morgan fingerprint density at radius 2 is 1.80 bits per heavy atom. The molecule has 0 aromatic heterocycles. The molecule has 1 aliphatic rings. The highest BCUT2D eigenvalue weighted by atomic mass is 35.5. The van der Waals surface area contributed by atoms with Crippen LogP contribution in [0.5, 0.6) is 0 Å². The standard InChI is InChI=1S/C15H29NO3.ClH/c1-3-5-6-7-8-9-14(15(17)19-4-2)16-10-12-18-13-11-16;/h14H,3-13H2,1-2H3;1H.